The average molecular weight is 430 g/mol. The van der Waals surface area contributed by atoms with Crippen LogP contribution in [0.25, 0.3) is 0 Å². The second kappa shape index (κ2) is 9.86. The number of β-lactam (4-membered cyclic amide) rings is 1. The van der Waals surface area contributed by atoms with E-state index in [0.29, 0.717) is 25.2 Å². The number of hydrogen-bond donors (Lipinski definition) is 2. The predicted octanol–water partition coefficient (Wildman–Crippen LogP) is 2.47. The Bertz CT molecular complexity index is 766. The maximum absolute atomic E-state index is 13.1. The highest BCUT2D eigenvalue weighted by Gasteiger charge is 2.51. The number of hydrogen-bond acceptors (Lipinski definition) is 4. The van der Waals surface area contributed by atoms with Gasteiger partial charge >= 0.3 is 0 Å². The monoisotopic (exact) mass is 429 g/mol. The molecule has 2 aliphatic heterocycles. The summed E-state index contributed by atoms with van der Waals surface area (Å²) in [6.07, 6.45) is 7.52. The Morgan fingerprint density at radius 3 is 2.67 bits per heavy atom. The lowest BCUT2D eigenvalue weighted by molar-refractivity contribution is -0.147. The van der Waals surface area contributed by atoms with E-state index in [1.165, 1.54) is 19.3 Å². The van der Waals surface area contributed by atoms with Crippen LogP contribution in [0.4, 0.5) is 0 Å². The molecule has 162 valence electrons. The summed E-state index contributed by atoms with van der Waals surface area (Å²) in [5.41, 5.74) is 1.11. The number of aryl methyl sites for hydroxylation is 1. The van der Waals surface area contributed by atoms with Crippen molar-refractivity contribution in [3.8, 4) is 0 Å². The van der Waals surface area contributed by atoms with E-state index in [-0.39, 0.29) is 23.1 Å². The van der Waals surface area contributed by atoms with Crippen LogP contribution in [0.5, 0.6) is 0 Å². The molecule has 6 nitrogen and oxygen atoms in total. The normalized spacial score (nSPS) is 24.7. The van der Waals surface area contributed by atoms with Gasteiger partial charge in [-0.3, -0.25) is 14.4 Å². The van der Waals surface area contributed by atoms with Crippen molar-refractivity contribution in [2.75, 3.05) is 12.3 Å². The van der Waals surface area contributed by atoms with Crippen molar-refractivity contribution in [2.24, 2.45) is 5.92 Å². The molecule has 3 aliphatic rings. The van der Waals surface area contributed by atoms with Crippen LogP contribution >= 0.6 is 11.8 Å². The summed E-state index contributed by atoms with van der Waals surface area (Å²) in [7, 11) is 0. The van der Waals surface area contributed by atoms with Gasteiger partial charge in [0.2, 0.25) is 17.7 Å². The number of thioether (sulfide) groups is 1. The Morgan fingerprint density at radius 2 is 1.90 bits per heavy atom. The molecule has 3 amide bonds. The summed E-state index contributed by atoms with van der Waals surface area (Å²) in [6, 6.07) is 8.89. The van der Waals surface area contributed by atoms with Crippen molar-refractivity contribution >= 4 is 29.5 Å². The van der Waals surface area contributed by atoms with Crippen LogP contribution in [0.3, 0.4) is 0 Å². The zero-order valence-electron chi connectivity index (χ0n) is 17.3. The predicted molar refractivity (Wildman–Crippen MR) is 118 cm³/mol. The highest BCUT2D eigenvalue weighted by Crippen LogP contribution is 2.35. The maximum atomic E-state index is 13.1. The van der Waals surface area contributed by atoms with E-state index in [1.807, 2.05) is 35.2 Å². The average Bonchev–Trinajstić information content (AvgIpc) is 3.22. The van der Waals surface area contributed by atoms with E-state index >= 15 is 0 Å². The number of nitrogens with zero attached hydrogens (tertiary/aromatic N) is 1. The molecule has 1 aliphatic carbocycles. The van der Waals surface area contributed by atoms with Gasteiger partial charge in [-0.05, 0) is 24.3 Å². The molecule has 7 heteroatoms. The molecule has 0 spiro atoms. The minimum absolute atomic E-state index is 0.00479. The van der Waals surface area contributed by atoms with Crippen LogP contribution in [0, 0.1) is 5.92 Å². The summed E-state index contributed by atoms with van der Waals surface area (Å²) in [4.78, 5) is 39.8. The molecule has 1 aromatic rings. The van der Waals surface area contributed by atoms with Gasteiger partial charge in [0.15, 0.2) is 0 Å². The van der Waals surface area contributed by atoms with E-state index in [4.69, 9.17) is 0 Å². The molecule has 1 saturated carbocycles. The molecule has 0 aromatic heterocycles. The molecule has 2 N–H and O–H groups in total. The second-order valence-electron chi connectivity index (χ2n) is 8.62. The number of nitrogens with one attached hydrogen (secondary N) is 2. The zero-order valence-corrected chi connectivity index (χ0v) is 18.2. The first-order valence-electron chi connectivity index (χ1n) is 11.2. The minimum Gasteiger partial charge on any atom is -0.344 e. The Morgan fingerprint density at radius 1 is 1.13 bits per heavy atom. The summed E-state index contributed by atoms with van der Waals surface area (Å²) in [5.74, 6) is 1.07. The molecule has 4 rings (SSSR count). The van der Waals surface area contributed by atoms with E-state index in [0.717, 1.165) is 30.7 Å². The lowest BCUT2D eigenvalue weighted by Crippen LogP contribution is -2.68. The smallest absolute Gasteiger partial charge is 0.249 e. The molecule has 0 radical (unpaired) electrons. The Kier molecular flexibility index (Phi) is 6.97. The number of rotatable bonds is 8. The molecule has 3 atom stereocenters. The maximum Gasteiger partial charge on any atom is 0.249 e. The third kappa shape index (κ3) is 4.99. The fraction of sp³-hybridized carbons (Fsp3) is 0.609. The van der Waals surface area contributed by atoms with E-state index in [2.05, 4.69) is 10.6 Å². The van der Waals surface area contributed by atoms with Gasteiger partial charge in [-0.2, -0.15) is 0 Å². The van der Waals surface area contributed by atoms with Gasteiger partial charge in [0.1, 0.15) is 17.5 Å². The van der Waals surface area contributed by atoms with E-state index in [1.54, 1.807) is 11.8 Å². The van der Waals surface area contributed by atoms with Crippen LogP contribution in [0.1, 0.15) is 50.5 Å². The van der Waals surface area contributed by atoms with Gasteiger partial charge in [-0.25, -0.2) is 0 Å². The Labute approximate surface area is 182 Å². The molecule has 2 saturated heterocycles. The van der Waals surface area contributed by atoms with Gasteiger partial charge in [-0.1, -0.05) is 62.4 Å². The fourth-order valence-corrected chi connectivity index (χ4v) is 6.07. The summed E-state index contributed by atoms with van der Waals surface area (Å²) in [6.45, 7) is 0.766. The van der Waals surface area contributed by atoms with Crippen LogP contribution in [-0.2, 0) is 20.8 Å². The fourth-order valence-electron chi connectivity index (χ4n) is 4.76. The van der Waals surface area contributed by atoms with E-state index < -0.39 is 12.1 Å². The summed E-state index contributed by atoms with van der Waals surface area (Å²) >= 11 is 1.72. The summed E-state index contributed by atoms with van der Waals surface area (Å²) in [5, 5.41) is 5.98. The molecule has 0 bridgehead atoms. The van der Waals surface area contributed by atoms with Crippen LogP contribution < -0.4 is 10.6 Å². The van der Waals surface area contributed by atoms with Crippen LogP contribution in [-0.4, -0.2) is 52.4 Å². The number of carbonyl (C=O) groups excluding carboxylic acids is 3. The SMILES string of the molecule is O=C(CCc1ccccc1)N[C@@H](CC1CCCCC1)C(=O)N[C@@H]1C(=O)N2CCS[C@@H]12. The third-order valence-electron chi connectivity index (χ3n) is 6.49. The van der Waals surface area contributed by atoms with Gasteiger partial charge in [0, 0.05) is 18.7 Å². The lowest BCUT2D eigenvalue weighted by atomic mass is 9.84. The number of benzene rings is 1. The minimum atomic E-state index is -0.565. The number of amides is 3. The molecule has 2 heterocycles. The second-order valence-corrected chi connectivity index (χ2v) is 9.85. The highest BCUT2D eigenvalue weighted by molar-refractivity contribution is 8.00. The van der Waals surface area contributed by atoms with Gasteiger partial charge in [-0.15, -0.1) is 11.8 Å². The van der Waals surface area contributed by atoms with Gasteiger partial charge in [0.25, 0.3) is 0 Å². The molecule has 3 fully saturated rings. The van der Waals surface area contributed by atoms with Crippen molar-refractivity contribution in [1.29, 1.82) is 0 Å². The van der Waals surface area contributed by atoms with E-state index in [9.17, 15) is 14.4 Å². The molecular weight excluding hydrogens is 398 g/mol. The quantitative estimate of drug-likeness (QED) is 0.623. The Hall–Kier alpha value is -2.02. The number of fused-ring (bicyclic) bond motifs is 1. The Balaban J connectivity index is 1.35. The highest BCUT2D eigenvalue weighted by atomic mass is 32.2. The van der Waals surface area contributed by atoms with Crippen molar-refractivity contribution in [2.45, 2.75) is 68.8 Å². The zero-order chi connectivity index (χ0) is 20.9. The number of carbonyl (C=O) groups is 3. The molecule has 1 aromatic carbocycles. The first-order valence-corrected chi connectivity index (χ1v) is 12.2. The summed E-state index contributed by atoms with van der Waals surface area (Å²) < 4.78 is 0. The van der Waals surface area contributed by atoms with Gasteiger partial charge < -0.3 is 15.5 Å². The largest absolute Gasteiger partial charge is 0.344 e. The molecular formula is C23H31N3O3S. The first kappa shape index (κ1) is 21.2. The molecule has 0 unspecified atom stereocenters. The van der Waals surface area contributed by atoms with Crippen molar-refractivity contribution in [1.82, 2.24) is 15.5 Å². The van der Waals surface area contributed by atoms with Crippen LogP contribution in [0.15, 0.2) is 30.3 Å². The van der Waals surface area contributed by atoms with Gasteiger partial charge in [0.05, 0.1) is 0 Å². The third-order valence-corrected chi connectivity index (χ3v) is 7.78. The lowest BCUT2D eigenvalue weighted by Gasteiger charge is -2.42. The van der Waals surface area contributed by atoms with Crippen LogP contribution in [0.2, 0.25) is 0 Å². The van der Waals surface area contributed by atoms with Crippen molar-refractivity contribution in [3.63, 3.8) is 0 Å². The first-order chi connectivity index (χ1) is 14.6. The van der Waals surface area contributed by atoms with Crippen molar-refractivity contribution < 1.29 is 14.4 Å². The topological polar surface area (TPSA) is 78.5 Å². The standard InChI is InChI=1S/C23H31N3O3S/c27-19(12-11-16-7-3-1-4-8-16)24-18(15-17-9-5-2-6-10-17)21(28)25-20-22(29)26-13-14-30-23(20)26/h1,3-4,7-8,17-18,20,23H,2,5-6,9-15H2,(H,24,27)(H,25,28)/t18-,20+,23-/m0/s1. The van der Waals surface area contributed by atoms with Crippen molar-refractivity contribution in [3.05, 3.63) is 35.9 Å². The molecule has 30 heavy (non-hydrogen) atoms.